The molecule has 0 spiro atoms. The number of aromatic nitrogens is 5. The van der Waals surface area contributed by atoms with Gasteiger partial charge in [0.15, 0.2) is 5.65 Å². The van der Waals surface area contributed by atoms with Crippen LogP contribution < -0.4 is 0 Å². The molecule has 0 aliphatic rings. The van der Waals surface area contributed by atoms with Crippen molar-refractivity contribution in [2.24, 2.45) is 0 Å². The van der Waals surface area contributed by atoms with Crippen molar-refractivity contribution in [3.8, 4) is 11.3 Å². The summed E-state index contributed by atoms with van der Waals surface area (Å²) in [7, 11) is 0. The first-order valence-electron chi connectivity index (χ1n) is 6.44. The van der Waals surface area contributed by atoms with Gasteiger partial charge in [-0.25, -0.2) is 9.50 Å². The van der Waals surface area contributed by atoms with E-state index in [1.807, 2.05) is 16.8 Å². The number of nitrogens with one attached hydrogen (secondary N) is 1. The highest BCUT2D eigenvalue weighted by molar-refractivity contribution is 5.64. The summed E-state index contributed by atoms with van der Waals surface area (Å²) in [5.74, 6) is 0.400. The number of aromatic amines is 1. The monoisotopic (exact) mass is 255 g/mol. The van der Waals surface area contributed by atoms with Crippen molar-refractivity contribution in [2.75, 3.05) is 0 Å². The van der Waals surface area contributed by atoms with Gasteiger partial charge in [-0.1, -0.05) is 13.8 Å². The minimum atomic E-state index is 0.400. The summed E-state index contributed by atoms with van der Waals surface area (Å²) in [6.07, 6.45) is 3.63. The number of rotatable bonds is 2. The van der Waals surface area contributed by atoms with E-state index in [-0.39, 0.29) is 0 Å². The van der Waals surface area contributed by atoms with E-state index in [9.17, 15) is 0 Å². The standard InChI is InChI=1S/C14H17N5/c1-8(2)13-9(3)14-15-7-11(10(4)19(14)18-13)12-5-6-16-17-12/h5-8H,1-4H3,(H,16,17). The molecule has 98 valence electrons. The second kappa shape index (κ2) is 4.19. The van der Waals surface area contributed by atoms with Crippen molar-refractivity contribution in [3.05, 3.63) is 35.4 Å². The fraction of sp³-hybridized carbons (Fsp3) is 0.357. The van der Waals surface area contributed by atoms with Gasteiger partial charge >= 0.3 is 0 Å². The van der Waals surface area contributed by atoms with Crippen molar-refractivity contribution >= 4 is 5.65 Å². The van der Waals surface area contributed by atoms with Gasteiger partial charge in [-0.3, -0.25) is 5.10 Å². The van der Waals surface area contributed by atoms with Crippen LogP contribution in [0.4, 0.5) is 0 Å². The summed E-state index contributed by atoms with van der Waals surface area (Å²) < 4.78 is 1.93. The van der Waals surface area contributed by atoms with Gasteiger partial charge in [-0.05, 0) is 25.8 Å². The van der Waals surface area contributed by atoms with Gasteiger partial charge in [0.1, 0.15) is 0 Å². The Kier molecular flexibility index (Phi) is 2.62. The summed E-state index contributed by atoms with van der Waals surface area (Å²) in [6, 6.07) is 1.94. The topological polar surface area (TPSA) is 58.9 Å². The first-order valence-corrected chi connectivity index (χ1v) is 6.44. The van der Waals surface area contributed by atoms with Gasteiger partial charge in [0.25, 0.3) is 0 Å². The molecule has 19 heavy (non-hydrogen) atoms. The van der Waals surface area contributed by atoms with Gasteiger partial charge in [0.05, 0.1) is 17.1 Å². The van der Waals surface area contributed by atoms with Crippen LogP contribution in [0.5, 0.6) is 0 Å². The van der Waals surface area contributed by atoms with Gasteiger partial charge < -0.3 is 0 Å². The Hall–Kier alpha value is -2.17. The van der Waals surface area contributed by atoms with Crippen molar-refractivity contribution in [1.82, 2.24) is 24.8 Å². The van der Waals surface area contributed by atoms with Crippen LogP contribution in [-0.4, -0.2) is 24.8 Å². The Bertz CT molecular complexity index is 722. The lowest BCUT2D eigenvalue weighted by Crippen LogP contribution is -1.99. The second-order valence-electron chi connectivity index (χ2n) is 5.13. The SMILES string of the molecule is Cc1c(C(C)C)nn2c(C)c(-c3ccn[nH]3)cnc12. The fourth-order valence-electron chi connectivity index (χ4n) is 2.44. The molecule has 0 fully saturated rings. The lowest BCUT2D eigenvalue weighted by molar-refractivity contribution is 0.773. The maximum atomic E-state index is 4.70. The lowest BCUT2D eigenvalue weighted by atomic mass is 10.1. The molecule has 5 nitrogen and oxygen atoms in total. The Labute approximate surface area is 111 Å². The van der Waals surface area contributed by atoms with Crippen LogP contribution in [0.15, 0.2) is 18.5 Å². The molecule has 0 amide bonds. The molecule has 5 heteroatoms. The average Bonchev–Trinajstić information content (AvgIpc) is 2.99. The molecule has 0 aliphatic carbocycles. The summed E-state index contributed by atoms with van der Waals surface area (Å²) in [5.41, 5.74) is 6.27. The van der Waals surface area contributed by atoms with E-state index in [1.165, 1.54) is 0 Å². The highest BCUT2D eigenvalue weighted by Crippen LogP contribution is 2.25. The predicted molar refractivity (Wildman–Crippen MR) is 74.1 cm³/mol. The van der Waals surface area contributed by atoms with Crippen LogP contribution in [0.2, 0.25) is 0 Å². The first-order chi connectivity index (χ1) is 9.09. The molecule has 0 saturated carbocycles. The van der Waals surface area contributed by atoms with E-state index < -0.39 is 0 Å². The molecule has 3 aromatic rings. The maximum Gasteiger partial charge on any atom is 0.158 e. The number of nitrogens with zero attached hydrogens (tertiary/aromatic N) is 4. The molecule has 0 aliphatic heterocycles. The zero-order valence-electron chi connectivity index (χ0n) is 11.6. The molecule has 0 aromatic carbocycles. The summed E-state index contributed by atoms with van der Waals surface area (Å²) in [4.78, 5) is 4.55. The molecule has 0 saturated heterocycles. The van der Waals surface area contributed by atoms with Crippen LogP contribution in [0.1, 0.15) is 36.7 Å². The van der Waals surface area contributed by atoms with Crippen molar-refractivity contribution < 1.29 is 0 Å². The Morgan fingerprint density at radius 2 is 2.05 bits per heavy atom. The molecule has 3 heterocycles. The maximum absolute atomic E-state index is 4.70. The smallest absolute Gasteiger partial charge is 0.158 e. The Morgan fingerprint density at radius 3 is 2.68 bits per heavy atom. The first kappa shape index (κ1) is 11.9. The molecule has 3 aromatic heterocycles. The minimum Gasteiger partial charge on any atom is -0.278 e. The molecular formula is C14H17N5. The molecule has 1 N–H and O–H groups in total. The van der Waals surface area contributed by atoms with E-state index in [4.69, 9.17) is 5.10 Å². The van der Waals surface area contributed by atoms with Crippen molar-refractivity contribution in [2.45, 2.75) is 33.6 Å². The second-order valence-corrected chi connectivity index (χ2v) is 5.13. The van der Waals surface area contributed by atoms with Crippen LogP contribution in [0, 0.1) is 13.8 Å². The lowest BCUT2D eigenvalue weighted by Gasteiger charge is -2.05. The largest absolute Gasteiger partial charge is 0.278 e. The molecule has 0 radical (unpaired) electrons. The summed E-state index contributed by atoms with van der Waals surface area (Å²) in [5, 5.41) is 11.7. The van der Waals surface area contributed by atoms with Crippen molar-refractivity contribution in [1.29, 1.82) is 0 Å². The third-order valence-corrected chi connectivity index (χ3v) is 3.49. The highest BCUT2D eigenvalue weighted by Gasteiger charge is 2.16. The van der Waals surface area contributed by atoms with E-state index in [1.54, 1.807) is 6.20 Å². The van der Waals surface area contributed by atoms with Gasteiger partial charge in [-0.2, -0.15) is 10.2 Å². The molecule has 3 rings (SSSR count). The third-order valence-electron chi connectivity index (χ3n) is 3.49. The van der Waals surface area contributed by atoms with Crippen LogP contribution in [0.3, 0.4) is 0 Å². The Morgan fingerprint density at radius 1 is 1.26 bits per heavy atom. The number of aryl methyl sites for hydroxylation is 2. The predicted octanol–water partition coefficient (Wildman–Crippen LogP) is 2.86. The highest BCUT2D eigenvalue weighted by atomic mass is 15.3. The number of hydrogen-bond acceptors (Lipinski definition) is 3. The van der Waals surface area contributed by atoms with Crippen LogP contribution in [-0.2, 0) is 0 Å². The van der Waals surface area contributed by atoms with E-state index in [0.29, 0.717) is 5.92 Å². The van der Waals surface area contributed by atoms with Crippen LogP contribution in [0.25, 0.3) is 16.9 Å². The van der Waals surface area contributed by atoms with Gasteiger partial charge in [0, 0.05) is 23.5 Å². The zero-order chi connectivity index (χ0) is 13.6. The van der Waals surface area contributed by atoms with E-state index in [2.05, 4.69) is 42.9 Å². The van der Waals surface area contributed by atoms with Crippen molar-refractivity contribution in [3.63, 3.8) is 0 Å². The van der Waals surface area contributed by atoms with Gasteiger partial charge in [0.2, 0.25) is 0 Å². The quantitative estimate of drug-likeness (QED) is 0.766. The van der Waals surface area contributed by atoms with Crippen LogP contribution >= 0.6 is 0 Å². The average molecular weight is 255 g/mol. The van der Waals surface area contributed by atoms with E-state index in [0.717, 1.165) is 33.9 Å². The molecule has 0 bridgehead atoms. The minimum absolute atomic E-state index is 0.400. The molecule has 0 unspecified atom stereocenters. The third kappa shape index (κ3) is 1.73. The van der Waals surface area contributed by atoms with Gasteiger partial charge in [-0.15, -0.1) is 0 Å². The summed E-state index contributed by atoms with van der Waals surface area (Å²) >= 11 is 0. The molecule has 0 atom stereocenters. The fourth-order valence-corrected chi connectivity index (χ4v) is 2.44. The molecular weight excluding hydrogens is 238 g/mol. The number of fused-ring (bicyclic) bond motifs is 1. The summed E-state index contributed by atoms with van der Waals surface area (Å²) in [6.45, 7) is 8.45. The number of H-pyrrole nitrogens is 1. The number of hydrogen-bond donors (Lipinski definition) is 1. The zero-order valence-corrected chi connectivity index (χ0v) is 11.6. The Balaban J connectivity index is 2.28. The van der Waals surface area contributed by atoms with E-state index >= 15 is 0 Å². The normalized spacial score (nSPS) is 11.6.